The van der Waals surface area contributed by atoms with Gasteiger partial charge < -0.3 is 17.5 Å². The second kappa shape index (κ2) is 8.92. The maximum absolute atomic E-state index is 11.3. The minimum absolute atomic E-state index is 0. The van der Waals surface area contributed by atoms with E-state index in [1.165, 1.54) is 24.5 Å². The maximum Gasteiger partial charge on any atom is 2.00 e. The van der Waals surface area contributed by atoms with E-state index in [9.17, 15) is 13.0 Å². The molecule has 6 nitrogen and oxygen atoms in total. The average Bonchev–Trinajstić information content (AvgIpc) is 2.30. The van der Waals surface area contributed by atoms with Crippen molar-refractivity contribution < 1.29 is 39.5 Å². The van der Waals surface area contributed by atoms with Gasteiger partial charge in [-0.15, -0.1) is 0 Å². The van der Waals surface area contributed by atoms with Crippen molar-refractivity contribution in [3.8, 4) is 0 Å². The van der Waals surface area contributed by atoms with Gasteiger partial charge in [-0.2, -0.15) is 0 Å². The number of aromatic nitrogens is 2. The van der Waals surface area contributed by atoms with Gasteiger partial charge >= 0.3 is 21.1 Å². The second-order valence-corrected chi connectivity index (χ2v) is 4.84. The third-order valence-electron chi connectivity index (χ3n) is 2.20. The molecule has 2 aromatic rings. The Hall–Kier alpha value is -1.14. The molecular formula is C12H14N2O4PtS. The first-order valence-corrected chi connectivity index (χ1v) is 6.33. The van der Waals surface area contributed by atoms with Gasteiger partial charge in [-0.3, -0.25) is 9.97 Å². The Kier molecular flexibility index (Phi) is 9.43. The topological polar surface area (TPSA) is 114 Å². The summed E-state index contributed by atoms with van der Waals surface area (Å²) in [5.41, 5.74) is 0.363. The first-order chi connectivity index (χ1) is 8.09. The zero-order valence-corrected chi connectivity index (χ0v) is 13.6. The van der Waals surface area contributed by atoms with Crippen LogP contribution >= 0.6 is 0 Å². The summed E-state index contributed by atoms with van der Waals surface area (Å²) in [6, 6.07) is 9.54. The van der Waals surface area contributed by atoms with Crippen LogP contribution in [-0.4, -0.2) is 28.4 Å². The summed E-state index contributed by atoms with van der Waals surface area (Å²) in [5, 5.41) is -1.36. The molecule has 0 atom stereocenters. The van der Waals surface area contributed by atoms with Crippen LogP contribution in [0.3, 0.4) is 0 Å². The molecule has 0 radical (unpaired) electrons. The molecule has 2 rings (SSSR count). The van der Waals surface area contributed by atoms with Gasteiger partial charge in [0.15, 0.2) is 0 Å². The summed E-state index contributed by atoms with van der Waals surface area (Å²) in [6.45, 7) is 0. The van der Waals surface area contributed by atoms with Crippen LogP contribution in [0.25, 0.3) is 0 Å². The summed E-state index contributed by atoms with van der Waals surface area (Å²) >= 11 is 0. The van der Waals surface area contributed by atoms with Crippen molar-refractivity contribution >= 4 is 10.1 Å². The SMILES string of the molecule is O.O=S(=O)([O-])C(c1ccccn1)c1ccccn1.[CH3-].[Pt+2]. The fourth-order valence-corrected chi connectivity index (χ4v) is 2.38. The number of hydrogen-bond acceptors (Lipinski definition) is 5. The molecule has 0 saturated carbocycles. The van der Waals surface area contributed by atoms with Crippen LogP contribution in [0, 0.1) is 7.43 Å². The van der Waals surface area contributed by atoms with Crippen molar-refractivity contribution in [2.45, 2.75) is 5.25 Å². The van der Waals surface area contributed by atoms with Crippen molar-refractivity contribution in [2.24, 2.45) is 0 Å². The summed E-state index contributed by atoms with van der Waals surface area (Å²) in [5.74, 6) is 0. The van der Waals surface area contributed by atoms with Gasteiger partial charge in [0.25, 0.3) is 0 Å². The van der Waals surface area contributed by atoms with E-state index >= 15 is 0 Å². The van der Waals surface area contributed by atoms with E-state index in [-0.39, 0.29) is 45.4 Å². The molecule has 0 bridgehead atoms. The van der Waals surface area contributed by atoms with Gasteiger partial charge in [-0.05, 0) is 24.3 Å². The van der Waals surface area contributed by atoms with Crippen molar-refractivity contribution in [1.82, 2.24) is 9.97 Å². The molecule has 2 N–H and O–H groups in total. The minimum atomic E-state index is -4.55. The third kappa shape index (κ3) is 5.09. The number of rotatable bonds is 3. The fourth-order valence-electron chi connectivity index (χ4n) is 1.51. The van der Waals surface area contributed by atoms with Crippen LogP contribution in [0.15, 0.2) is 48.8 Å². The molecule has 2 heterocycles. The van der Waals surface area contributed by atoms with E-state index in [2.05, 4.69) is 9.97 Å². The standard InChI is InChI=1S/C11H10N2O3S.CH3.H2O.Pt/c14-17(15,16)11(9-5-1-3-7-12-9)10-6-2-4-8-13-10;;;/h1-8,11H,(H,14,15,16);1H3;1H2;/q;-1;;+2/p-1. The molecule has 8 heteroatoms. The van der Waals surface area contributed by atoms with Gasteiger partial charge in [0.05, 0.1) is 11.4 Å². The molecule has 0 spiro atoms. The Labute approximate surface area is 132 Å². The van der Waals surface area contributed by atoms with Crippen LogP contribution in [0.2, 0.25) is 0 Å². The maximum atomic E-state index is 11.3. The molecule has 0 aromatic carbocycles. The van der Waals surface area contributed by atoms with E-state index in [4.69, 9.17) is 0 Å². The minimum Gasteiger partial charge on any atom is -0.747 e. The first-order valence-electron chi connectivity index (χ1n) is 4.85. The largest absolute Gasteiger partial charge is 2.00 e. The van der Waals surface area contributed by atoms with Crippen LogP contribution < -0.4 is 0 Å². The first kappa shape index (κ1) is 21.2. The Bertz CT molecular complexity index is 554. The van der Waals surface area contributed by atoms with Gasteiger partial charge in [-0.25, -0.2) is 8.42 Å². The zero-order chi connectivity index (χ0) is 12.3. The molecule has 0 aliphatic heterocycles. The Balaban J connectivity index is 0. The molecule has 0 aliphatic rings. The van der Waals surface area contributed by atoms with Gasteiger partial charge in [0, 0.05) is 12.4 Å². The monoisotopic (exact) mass is 477 g/mol. The summed E-state index contributed by atoms with van der Waals surface area (Å²) < 4.78 is 33.9. The molecule has 0 fully saturated rings. The van der Waals surface area contributed by atoms with Crippen molar-refractivity contribution in [1.29, 1.82) is 0 Å². The molecule has 112 valence electrons. The van der Waals surface area contributed by atoms with Crippen LogP contribution in [0.1, 0.15) is 16.6 Å². The molecule has 0 unspecified atom stereocenters. The van der Waals surface area contributed by atoms with E-state index in [0.717, 1.165) is 0 Å². The summed E-state index contributed by atoms with van der Waals surface area (Å²) in [7, 11) is -4.55. The Morgan fingerprint density at radius 3 is 1.60 bits per heavy atom. The third-order valence-corrected chi connectivity index (χ3v) is 3.26. The van der Waals surface area contributed by atoms with E-state index in [1.54, 1.807) is 24.3 Å². The van der Waals surface area contributed by atoms with E-state index in [1.807, 2.05) is 0 Å². The molecule has 0 amide bonds. The Morgan fingerprint density at radius 1 is 0.950 bits per heavy atom. The predicted octanol–water partition coefficient (Wildman–Crippen LogP) is 0.734. The average molecular weight is 477 g/mol. The normalized spacial score (nSPS) is 9.90. The fraction of sp³-hybridized carbons (Fsp3) is 0.0833. The molecular weight excluding hydrogens is 463 g/mol. The van der Waals surface area contributed by atoms with E-state index in [0.29, 0.717) is 0 Å². The van der Waals surface area contributed by atoms with Crippen LogP contribution in [-0.2, 0) is 31.2 Å². The quantitative estimate of drug-likeness (QED) is 0.478. The summed E-state index contributed by atoms with van der Waals surface area (Å²) in [4.78, 5) is 7.81. The number of pyridine rings is 2. The van der Waals surface area contributed by atoms with Gasteiger partial charge in [-0.1, -0.05) is 12.1 Å². The molecule has 20 heavy (non-hydrogen) atoms. The molecule has 2 aromatic heterocycles. The van der Waals surface area contributed by atoms with E-state index < -0.39 is 15.4 Å². The number of hydrogen-bond donors (Lipinski definition) is 0. The van der Waals surface area contributed by atoms with Crippen molar-refractivity contribution in [3.63, 3.8) is 0 Å². The molecule has 0 saturated heterocycles. The molecule has 0 aliphatic carbocycles. The van der Waals surface area contributed by atoms with Crippen LogP contribution in [0.5, 0.6) is 0 Å². The summed E-state index contributed by atoms with van der Waals surface area (Å²) in [6.07, 6.45) is 2.88. The zero-order valence-electron chi connectivity index (χ0n) is 10.5. The Morgan fingerprint density at radius 2 is 1.35 bits per heavy atom. The van der Waals surface area contributed by atoms with Crippen molar-refractivity contribution in [3.05, 3.63) is 67.6 Å². The predicted molar refractivity (Wildman–Crippen MR) is 70.0 cm³/mol. The van der Waals surface area contributed by atoms with Gasteiger partial charge in [0.1, 0.15) is 15.4 Å². The smallest absolute Gasteiger partial charge is 0.747 e. The number of nitrogens with zero attached hydrogens (tertiary/aromatic N) is 2. The van der Waals surface area contributed by atoms with Crippen LogP contribution in [0.4, 0.5) is 0 Å². The van der Waals surface area contributed by atoms with Gasteiger partial charge in [0.2, 0.25) is 0 Å². The second-order valence-electron chi connectivity index (χ2n) is 3.38. The van der Waals surface area contributed by atoms with Crippen molar-refractivity contribution in [2.75, 3.05) is 0 Å².